The van der Waals surface area contributed by atoms with Gasteiger partial charge in [0, 0.05) is 30.4 Å². The largest absolute Gasteiger partial charge is 0.494 e. The Morgan fingerprint density at radius 3 is 2.93 bits per heavy atom. The van der Waals surface area contributed by atoms with E-state index >= 15 is 0 Å². The summed E-state index contributed by atoms with van der Waals surface area (Å²) in [5.74, 6) is 0.679. The lowest BCUT2D eigenvalue weighted by atomic mass is 9.99. The monoisotopic (exact) mass is 361 g/mol. The molecule has 2 N–H and O–H groups in total. The molecule has 1 unspecified atom stereocenters. The molecule has 0 saturated heterocycles. The summed E-state index contributed by atoms with van der Waals surface area (Å²) in [6.07, 6.45) is 4.67. The van der Waals surface area contributed by atoms with Crippen LogP contribution in [0.1, 0.15) is 11.1 Å². The quantitative estimate of drug-likeness (QED) is 0.585. The third-order valence-electron chi connectivity index (χ3n) is 5.12. The molecular weight excluding hydrogens is 342 g/mol. The molecule has 0 spiro atoms. The number of nitrogens with one attached hydrogen (secondary N) is 1. The molecule has 1 aromatic carbocycles. The van der Waals surface area contributed by atoms with Crippen LogP contribution in [0.3, 0.4) is 0 Å². The summed E-state index contributed by atoms with van der Waals surface area (Å²) in [6, 6.07) is 8.04. The molecule has 0 aliphatic heterocycles. The van der Waals surface area contributed by atoms with Gasteiger partial charge in [-0.25, -0.2) is 4.98 Å². The summed E-state index contributed by atoms with van der Waals surface area (Å²) in [7, 11) is 3.52. The van der Waals surface area contributed by atoms with Crippen molar-refractivity contribution in [1.29, 1.82) is 0 Å². The topological polar surface area (TPSA) is 88.9 Å². The lowest BCUT2D eigenvalue weighted by molar-refractivity contribution is 0.187. The van der Waals surface area contributed by atoms with Gasteiger partial charge in [0.1, 0.15) is 22.7 Å². The van der Waals surface area contributed by atoms with Crippen LogP contribution >= 0.6 is 0 Å². The van der Waals surface area contributed by atoms with Crippen molar-refractivity contribution < 1.29 is 9.84 Å². The number of aromatic nitrogens is 5. The molecule has 7 heteroatoms. The second kappa shape index (κ2) is 5.92. The van der Waals surface area contributed by atoms with Crippen LogP contribution in [0.2, 0.25) is 0 Å². The Morgan fingerprint density at radius 1 is 1.26 bits per heavy atom. The zero-order valence-corrected chi connectivity index (χ0v) is 15.1. The summed E-state index contributed by atoms with van der Waals surface area (Å²) in [4.78, 5) is 4.93. The molecule has 0 amide bonds. The van der Waals surface area contributed by atoms with E-state index in [1.807, 2.05) is 31.4 Å². The van der Waals surface area contributed by atoms with E-state index in [4.69, 9.17) is 9.72 Å². The van der Waals surface area contributed by atoms with Crippen LogP contribution in [-0.4, -0.2) is 43.3 Å². The molecule has 27 heavy (non-hydrogen) atoms. The third kappa shape index (κ3) is 2.50. The van der Waals surface area contributed by atoms with Gasteiger partial charge in [-0.15, -0.1) is 0 Å². The van der Waals surface area contributed by atoms with Gasteiger partial charge in [-0.2, -0.15) is 10.2 Å². The van der Waals surface area contributed by atoms with Gasteiger partial charge < -0.3 is 9.84 Å². The van der Waals surface area contributed by atoms with Crippen molar-refractivity contribution in [1.82, 2.24) is 25.0 Å². The third-order valence-corrected chi connectivity index (χ3v) is 5.12. The second-order valence-electron chi connectivity index (χ2n) is 6.92. The molecule has 136 valence electrons. The fourth-order valence-electron chi connectivity index (χ4n) is 3.87. The first kappa shape index (κ1) is 16.0. The highest BCUT2D eigenvalue weighted by Crippen LogP contribution is 2.38. The van der Waals surface area contributed by atoms with Crippen molar-refractivity contribution in [3.63, 3.8) is 0 Å². The highest BCUT2D eigenvalue weighted by atomic mass is 16.5. The van der Waals surface area contributed by atoms with Crippen molar-refractivity contribution in [2.24, 2.45) is 7.05 Å². The Kier molecular flexibility index (Phi) is 3.51. The van der Waals surface area contributed by atoms with Gasteiger partial charge in [0.2, 0.25) is 0 Å². The first-order chi connectivity index (χ1) is 13.1. The molecular formula is C20H19N5O2. The van der Waals surface area contributed by atoms with Gasteiger partial charge >= 0.3 is 0 Å². The fraction of sp³-hybridized carbons (Fsp3) is 0.250. The van der Waals surface area contributed by atoms with Gasteiger partial charge in [0.15, 0.2) is 0 Å². The maximum absolute atomic E-state index is 10.1. The molecule has 3 aromatic heterocycles. The zero-order valence-electron chi connectivity index (χ0n) is 15.1. The summed E-state index contributed by atoms with van der Waals surface area (Å²) in [5.41, 5.74) is 7.32. The van der Waals surface area contributed by atoms with E-state index in [1.165, 1.54) is 5.56 Å². The first-order valence-corrected chi connectivity index (χ1v) is 8.85. The number of fused-ring (bicyclic) bond motifs is 2. The van der Waals surface area contributed by atoms with Crippen LogP contribution in [0.25, 0.3) is 33.5 Å². The summed E-state index contributed by atoms with van der Waals surface area (Å²) >= 11 is 0. The average Bonchev–Trinajstić information content (AvgIpc) is 3.36. The van der Waals surface area contributed by atoms with Gasteiger partial charge in [-0.1, -0.05) is 18.2 Å². The second-order valence-corrected chi connectivity index (χ2v) is 6.92. The number of hydrogen-bond acceptors (Lipinski definition) is 5. The first-order valence-electron chi connectivity index (χ1n) is 8.85. The zero-order chi connectivity index (χ0) is 18.5. The highest BCUT2D eigenvalue weighted by molar-refractivity contribution is 5.92. The summed E-state index contributed by atoms with van der Waals surface area (Å²) < 4.78 is 7.37. The number of pyridine rings is 1. The lowest BCUT2D eigenvalue weighted by Crippen LogP contribution is -2.04. The minimum atomic E-state index is -0.337. The number of benzene rings is 1. The Balaban J connectivity index is 1.74. The van der Waals surface area contributed by atoms with Crippen molar-refractivity contribution in [2.45, 2.75) is 18.9 Å². The van der Waals surface area contributed by atoms with Crippen LogP contribution in [0.4, 0.5) is 0 Å². The van der Waals surface area contributed by atoms with Gasteiger partial charge in [0.25, 0.3) is 0 Å². The predicted molar refractivity (Wildman–Crippen MR) is 101 cm³/mol. The van der Waals surface area contributed by atoms with Crippen LogP contribution in [0, 0.1) is 0 Å². The molecule has 0 fully saturated rings. The van der Waals surface area contributed by atoms with Crippen molar-refractivity contribution in [3.05, 3.63) is 47.8 Å². The molecule has 3 heterocycles. The van der Waals surface area contributed by atoms with Crippen LogP contribution in [0.15, 0.2) is 36.7 Å². The molecule has 0 saturated carbocycles. The molecule has 7 nitrogen and oxygen atoms in total. The minimum absolute atomic E-state index is 0.337. The summed E-state index contributed by atoms with van der Waals surface area (Å²) in [5, 5.41) is 21.8. The number of aromatic amines is 1. The predicted octanol–water partition coefficient (Wildman–Crippen LogP) is 2.49. The molecule has 5 rings (SSSR count). The lowest BCUT2D eigenvalue weighted by Gasteiger charge is -2.12. The van der Waals surface area contributed by atoms with Gasteiger partial charge in [0.05, 0.1) is 24.9 Å². The molecule has 4 aromatic rings. The van der Waals surface area contributed by atoms with E-state index in [2.05, 4.69) is 21.4 Å². The van der Waals surface area contributed by atoms with Crippen LogP contribution in [-0.2, 0) is 19.9 Å². The smallest absolute Gasteiger partial charge is 0.147 e. The summed E-state index contributed by atoms with van der Waals surface area (Å²) in [6.45, 7) is 0. The number of rotatable bonds is 3. The normalized spacial score (nSPS) is 16.0. The molecule has 1 aliphatic rings. The van der Waals surface area contributed by atoms with Gasteiger partial charge in [-0.3, -0.25) is 9.78 Å². The van der Waals surface area contributed by atoms with E-state index in [9.17, 15) is 5.11 Å². The van der Waals surface area contributed by atoms with E-state index in [-0.39, 0.29) is 6.10 Å². The maximum Gasteiger partial charge on any atom is 0.147 e. The standard InChI is InChI=1S/C20H19N5O2/c1-25-10-12(9-21-25)18-20-16(23-24-18)8-17(27-2)19(22-20)14-5-3-4-11-6-13(26)7-15(11)14/h3-5,8-10,13,26H,6-7H2,1-2H3,(H,23,24). The van der Waals surface area contributed by atoms with Crippen LogP contribution in [0.5, 0.6) is 5.75 Å². The Hall–Kier alpha value is -3.19. The molecule has 1 aliphatic carbocycles. The number of nitrogens with zero attached hydrogens (tertiary/aromatic N) is 4. The maximum atomic E-state index is 10.1. The van der Waals surface area contributed by atoms with E-state index in [0.717, 1.165) is 39.1 Å². The number of hydrogen-bond donors (Lipinski definition) is 2. The number of aliphatic hydroxyl groups is 1. The average molecular weight is 361 g/mol. The molecule has 1 atom stereocenters. The molecule has 0 bridgehead atoms. The van der Waals surface area contributed by atoms with E-state index < -0.39 is 0 Å². The van der Waals surface area contributed by atoms with Crippen molar-refractivity contribution in [2.75, 3.05) is 7.11 Å². The van der Waals surface area contributed by atoms with Gasteiger partial charge in [-0.05, 0) is 24.0 Å². The minimum Gasteiger partial charge on any atom is -0.494 e. The van der Waals surface area contributed by atoms with Crippen LogP contribution < -0.4 is 4.74 Å². The Labute approximate surface area is 155 Å². The number of aliphatic hydroxyl groups excluding tert-OH is 1. The van der Waals surface area contributed by atoms with Crippen molar-refractivity contribution in [3.8, 4) is 28.3 Å². The number of aryl methyl sites for hydroxylation is 1. The van der Waals surface area contributed by atoms with E-state index in [1.54, 1.807) is 18.0 Å². The number of H-pyrrole nitrogens is 1. The molecule has 0 radical (unpaired) electrons. The number of methoxy groups -OCH3 is 1. The SMILES string of the molecule is COc1cc2[nH]nc(-c3cnn(C)c3)c2nc1-c1cccc2c1CC(O)C2. The Morgan fingerprint density at radius 2 is 2.15 bits per heavy atom. The fourth-order valence-corrected chi connectivity index (χ4v) is 3.87. The van der Waals surface area contributed by atoms with Crippen molar-refractivity contribution >= 4 is 11.0 Å². The highest BCUT2D eigenvalue weighted by Gasteiger charge is 2.25. The Bertz CT molecular complexity index is 1160. The van der Waals surface area contributed by atoms with E-state index in [0.29, 0.717) is 18.6 Å². The number of ether oxygens (including phenoxy) is 1.